The van der Waals surface area contributed by atoms with Crippen molar-refractivity contribution in [1.29, 1.82) is 0 Å². The Bertz CT molecular complexity index is 1820. The normalized spacial score (nSPS) is 11.9. The number of ether oxygens (including phenoxy) is 1. The van der Waals surface area contributed by atoms with Gasteiger partial charge >= 0.3 is 0 Å². The van der Waals surface area contributed by atoms with Crippen LogP contribution in [0.3, 0.4) is 0 Å². The number of sulfonamides is 1. The molecule has 190 valence electrons. The summed E-state index contributed by atoms with van der Waals surface area (Å²) in [4.78, 5) is 21.8. The minimum absolute atomic E-state index is 0.000779. The molecule has 0 unspecified atom stereocenters. The van der Waals surface area contributed by atoms with Gasteiger partial charge < -0.3 is 9.30 Å². The third kappa shape index (κ3) is 5.08. The standard InChI is InChI=1S/C25H20ClFN4O4S2/c1-14-9-18(22-19(10-14)25(32)31(2)13-28-22)24-30-23-20(26)11-16(12-21(23)36-24)35-8-7-29-37(33,34)17-5-3-15(27)4-6-17/h3-6,9-13,29H,7-8H2,1-2H3. The highest BCUT2D eigenvalue weighted by atomic mass is 35.5. The lowest BCUT2D eigenvalue weighted by molar-refractivity contribution is 0.323. The molecule has 3 aromatic carbocycles. The Hall–Kier alpha value is -3.38. The maximum atomic E-state index is 13.1. The minimum atomic E-state index is -3.79. The van der Waals surface area contributed by atoms with Crippen molar-refractivity contribution in [2.24, 2.45) is 7.05 Å². The highest BCUT2D eigenvalue weighted by Gasteiger charge is 2.17. The van der Waals surface area contributed by atoms with Crippen molar-refractivity contribution >= 4 is 54.1 Å². The van der Waals surface area contributed by atoms with Gasteiger partial charge in [-0.25, -0.2) is 27.5 Å². The molecule has 0 saturated heterocycles. The summed E-state index contributed by atoms with van der Waals surface area (Å²) < 4.78 is 48.1. The fraction of sp³-hybridized carbons (Fsp3) is 0.160. The molecule has 1 N–H and O–H groups in total. The van der Waals surface area contributed by atoms with Crippen LogP contribution in [0.2, 0.25) is 5.02 Å². The van der Waals surface area contributed by atoms with Crippen molar-refractivity contribution in [1.82, 2.24) is 19.3 Å². The summed E-state index contributed by atoms with van der Waals surface area (Å²) in [6.45, 7) is 1.95. The number of benzene rings is 3. The number of thiazole rings is 1. The molecule has 5 aromatic rings. The van der Waals surface area contributed by atoms with Gasteiger partial charge in [-0.3, -0.25) is 4.79 Å². The van der Waals surface area contributed by atoms with E-state index in [1.54, 1.807) is 19.2 Å². The van der Waals surface area contributed by atoms with Crippen LogP contribution in [0.25, 0.3) is 31.7 Å². The molecule has 0 amide bonds. The minimum Gasteiger partial charge on any atom is -0.492 e. The van der Waals surface area contributed by atoms with Gasteiger partial charge in [-0.1, -0.05) is 11.6 Å². The molecule has 12 heteroatoms. The molecule has 0 aliphatic carbocycles. The molecule has 0 aliphatic heterocycles. The van der Waals surface area contributed by atoms with Gasteiger partial charge in [0.15, 0.2) is 0 Å². The molecular formula is C25H20ClFN4O4S2. The van der Waals surface area contributed by atoms with Crippen LogP contribution in [0.5, 0.6) is 5.75 Å². The van der Waals surface area contributed by atoms with Gasteiger partial charge in [0.1, 0.15) is 28.7 Å². The van der Waals surface area contributed by atoms with Gasteiger partial charge in [0.05, 0.1) is 31.8 Å². The number of rotatable bonds is 7. The van der Waals surface area contributed by atoms with Crippen LogP contribution in [0.1, 0.15) is 5.56 Å². The zero-order valence-corrected chi connectivity index (χ0v) is 22.0. The Morgan fingerprint density at radius 3 is 2.65 bits per heavy atom. The van der Waals surface area contributed by atoms with Gasteiger partial charge in [0, 0.05) is 25.2 Å². The molecule has 0 atom stereocenters. The highest BCUT2D eigenvalue weighted by molar-refractivity contribution is 7.89. The maximum Gasteiger partial charge on any atom is 0.260 e. The highest BCUT2D eigenvalue weighted by Crippen LogP contribution is 2.38. The van der Waals surface area contributed by atoms with E-state index in [1.807, 2.05) is 19.1 Å². The van der Waals surface area contributed by atoms with Crippen LogP contribution in [0.15, 0.2) is 64.5 Å². The van der Waals surface area contributed by atoms with Gasteiger partial charge in [-0.15, -0.1) is 11.3 Å². The molecule has 37 heavy (non-hydrogen) atoms. The van der Waals surface area contributed by atoms with Gasteiger partial charge in [0.25, 0.3) is 5.56 Å². The maximum absolute atomic E-state index is 13.1. The van der Waals surface area contributed by atoms with Gasteiger partial charge in [0.2, 0.25) is 10.0 Å². The molecule has 0 radical (unpaired) electrons. The number of aryl methyl sites for hydroxylation is 2. The van der Waals surface area contributed by atoms with Crippen LogP contribution >= 0.6 is 22.9 Å². The third-order valence-electron chi connectivity index (χ3n) is 5.60. The molecule has 0 spiro atoms. The van der Waals surface area contributed by atoms with E-state index in [2.05, 4.69) is 9.71 Å². The number of nitrogens with zero attached hydrogens (tertiary/aromatic N) is 3. The number of halogens is 2. The van der Waals surface area contributed by atoms with Gasteiger partial charge in [-0.2, -0.15) is 0 Å². The lowest BCUT2D eigenvalue weighted by atomic mass is 10.1. The summed E-state index contributed by atoms with van der Waals surface area (Å²) in [7, 11) is -2.13. The van der Waals surface area contributed by atoms with Gasteiger partial charge in [-0.05, 0) is 55.0 Å². The zero-order valence-electron chi connectivity index (χ0n) is 19.7. The first-order chi connectivity index (χ1) is 17.6. The summed E-state index contributed by atoms with van der Waals surface area (Å²) in [5.74, 6) is -0.0633. The largest absolute Gasteiger partial charge is 0.492 e. The Kier molecular flexibility index (Phi) is 6.71. The van der Waals surface area contributed by atoms with Crippen molar-refractivity contribution in [3.63, 3.8) is 0 Å². The SMILES string of the molecule is Cc1cc(-c2nc3c(Cl)cc(OCCNS(=O)(=O)c4ccc(F)cc4)cc3s2)c2ncn(C)c(=O)c2c1. The van der Waals surface area contributed by atoms with E-state index in [1.165, 1.54) is 34.4 Å². The Balaban J connectivity index is 1.37. The number of hydrogen-bond acceptors (Lipinski definition) is 7. The number of fused-ring (bicyclic) bond motifs is 2. The van der Waals surface area contributed by atoms with E-state index < -0.39 is 15.8 Å². The molecule has 0 saturated carbocycles. The lowest BCUT2D eigenvalue weighted by Gasteiger charge is -2.09. The van der Waals surface area contributed by atoms with E-state index in [4.69, 9.17) is 21.3 Å². The van der Waals surface area contributed by atoms with Crippen molar-refractivity contribution in [3.8, 4) is 16.3 Å². The van der Waals surface area contributed by atoms with Crippen molar-refractivity contribution in [3.05, 3.63) is 81.6 Å². The Morgan fingerprint density at radius 2 is 1.89 bits per heavy atom. The van der Waals surface area contributed by atoms with E-state index in [0.29, 0.717) is 32.2 Å². The summed E-state index contributed by atoms with van der Waals surface area (Å²) in [6.07, 6.45) is 1.49. The van der Waals surface area contributed by atoms with Crippen molar-refractivity contribution < 1.29 is 17.5 Å². The average Bonchev–Trinajstić information content (AvgIpc) is 3.29. The van der Waals surface area contributed by atoms with E-state index in [9.17, 15) is 17.6 Å². The number of hydrogen-bond donors (Lipinski definition) is 1. The zero-order chi connectivity index (χ0) is 26.3. The molecular weight excluding hydrogens is 539 g/mol. The molecule has 8 nitrogen and oxygen atoms in total. The van der Waals surface area contributed by atoms with E-state index >= 15 is 0 Å². The van der Waals surface area contributed by atoms with Crippen molar-refractivity contribution in [2.45, 2.75) is 11.8 Å². The molecule has 2 heterocycles. The summed E-state index contributed by atoms with van der Waals surface area (Å²) >= 11 is 7.88. The topological polar surface area (TPSA) is 103 Å². The molecule has 0 fully saturated rings. The molecule has 5 rings (SSSR count). The van der Waals surface area contributed by atoms with Crippen LogP contribution in [0.4, 0.5) is 4.39 Å². The summed E-state index contributed by atoms with van der Waals surface area (Å²) in [5, 5.41) is 1.55. The molecule has 2 aromatic heterocycles. The summed E-state index contributed by atoms with van der Waals surface area (Å²) in [6, 6.07) is 11.7. The van der Waals surface area contributed by atoms with Crippen LogP contribution in [-0.4, -0.2) is 36.1 Å². The average molecular weight is 559 g/mol. The second-order valence-corrected chi connectivity index (χ2v) is 11.5. The molecule has 0 bridgehead atoms. The van der Waals surface area contributed by atoms with Crippen molar-refractivity contribution in [2.75, 3.05) is 13.2 Å². The monoisotopic (exact) mass is 558 g/mol. The van der Waals surface area contributed by atoms with Crippen LogP contribution in [0, 0.1) is 12.7 Å². The fourth-order valence-corrected chi connectivity index (χ4v) is 6.20. The van der Waals surface area contributed by atoms with E-state index in [-0.39, 0.29) is 23.6 Å². The second kappa shape index (κ2) is 9.82. The van der Waals surface area contributed by atoms with Crippen LogP contribution in [-0.2, 0) is 17.1 Å². The summed E-state index contributed by atoms with van der Waals surface area (Å²) in [5.41, 5.74) is 2.66. The first-order valence-electron chi connectivity index (χ1n) is 11.1. The Morgan fingerprint density at radius 1 is 1.14 bits per heavy atom. The van der Waals surface area contributed by atoms with E-state index in [0.717, 1.165) is 28.0 Å². The lowest BCUT2D eigenvalue weighted by Crippen LogP contribution is -2.28. The van der Waals surface area contributed by atoms with Crippen LogP contribution < -0.4 is 15.0 Å². The first-order valence-corrected chi connectivity index (χ1v) is 13.7. The predicted octanol–water partition coefficient (Wildman–Crippen LogP) is 4.67. The number of nitrogens with one attached hydrogen (secondary N) is 1. The smallest absolute Gasteiger partial charge is 0.260 e. The quantitative estimate of drug-likeness (QED) is 0.291. The predicted molar refractivity (Wildman–Crippen MR) is 142 cm³/mol. The Labute approximate surface area is 220 Å². The first kappa shape index (κ1) is 25.3. The third-order valence-corrected chi connectivity index (χ3v) is 8.40. The fourth-order valence-electron chi connectivity index (χ4n) is 3.84. The number of aromatic nitrogens is 3. The second-order valence-electron chi connectivity index (χ2n) is 8.34. The molecule has 0 aliphatic rings.